The van der Waals surface area contributed by atoms with Gasteiger partial charge in [-0.05, 0) is 54.7 Å². The van der Waals surface area contributed by atoms with Crippen LogP contribution in [0.15, 0.2) is 42.5 Å². The van der Waals surface area contributed by atoms with E-state index in [1.54, 1.807) is 24.3 Å². The van der Waals surface area contributed by atoms with E-state index in [4.69, 9.17) is 28.6 Å². The molecule has 2 N–H and O–H groups in total. The van der Waals surface area contributed by atoms with Crippen LogP contribution in [-0.4, -0.2) is 24.1 Å². The van der Waals surface area contributed by atoms with Crippen molar-refractivity contribution < 1.29 is 19.4 Å². The smallest absolute Gasteiger partial charge is 0.257 e. The number of carboxylic acid groups (broad SMARTS) is 1. The highest BCUT2D eigenvalue weighted by Gasteiger charge is 2.09. The van der Waals surface area contributed by atoms with E-state index in [2.05, 4.69) is 10.6 Å². The molecule has 8 heteroatoms. The maximum atomic E-state index is 12.1. The minimum Gasteiger partial charge on any atom is -0.545 e. The van der Waals surface area contributed by atoms with Gasteiger partial charge in [0.1, 0.15) is 5.75 Å². The molecule has 0 saturated heterocycles. The number of rotatable bonds is 4. The molecule has 0 atom stereocenters. The third-order valence-electron chi connectivity index (χ3n) is 3.02. The standard InChI is InChI=1S/C16H13ClN2O4S/c1-23-11-5-2-9(3-6-11)14(20)19-16(24)18-10-4-7-13(17)12(8-10)15(21)22/h2-8H,1H3,(H,21,22)(H2,18,19,20,24)/p-1. The number of anilines is 1. The van der Waals surface area contributed by atoms with Gasteiger partial charge in [0.2, 0.25) is 0 Å². The summed E-state index contributed by atoms with van der Waals surface area (Å²) in [7, 11) is 1.53. The number of carbonyl (C=O) groups is 2. The molecule has 1 amide bonds. The average Bonchev–Trinajstić information content (AvgIpc) is 2.56. The highest BCUT2D eigenvalue weighted by atomic mass is 35.5. The number of amides is 1. The van der Waals surface area contributed by atoms with Crippen LogP contribution in [0.3, 0.4) is 0 Å². The number of carbonyl (C=O) groups excluding carboxylic acids is 2. The fourth-order valence-electron chi connectivity index (χ4n) is 1.84. The zero-order valence-corrected chi connectivity index (χ0v) is 14.0. The molecule has 6 nitrogen and oxygen atoms in total. The largest absolute Gasteiger partial charge is 0.545 e. The van der Waals surface area contributed by atoms with Crippen molar-refractivity contribution in [3.63, 3.8) is 0 Å². The molecule has 0 radical (unpaired) electrons. The van der Waals surface area contributed by atoms with Gasteiger partial charge in [-0.1, -0.05) is 11.6 Å². The fraction of sp³-hybridized carbons (Fsp3) is 0.0625. The zero-order chi connectivity index (χ0) is 17.7. The Bertz CT molecular complexity index is 793. The molecule has 0 aliphatic heterocycles. The Labute approximate surface area is 148 Å². The average molecular weight is 364 g/mol. The summed E-state index contributed by atoms with van der Waals surface area (Å²) in [6, 6.07) is 10.7. The number of hydrogen-bond donors (Lipinski definition) is 2. The maximum absolute atomic E-state index is 12.1. The second-order valence-corrected chi connectivity index (χ2v) is 5.43. The minimum atomic E-state index is -1.41. The second kappa shape index (κ2) is 7.76. The van der Waals surface area contributed by atoms with Gasteiger partial charge in [-0.15, -0.1) is 0 Å². The van der Waals surface area contributed by atoms with Crippen molar-refractivity contribution in [2.75, 3.05) is 12.4 Å². The summed E-state index contributed by atoms with van der Waals surface area (Å²) >= 11 is 10.8. The summed E-state index contributed by atoms with van der Waals surface area (Å²) < 4.78 is 5.02. The molecule has 0 fully saturated rings. The van der Waals surface area contributed by atoms with Gasteiger partial charge < -0.3 is 20.0 Å². The normalized spacial score (nSPS) is 9.92. The van der Waals surface area contributed by atoms with Crippen LogP contribution >= 0.6 is 23.8 Å². The number of hydrogen-bond acceptors (Lipinski definition) is 5. The van der Waals surface area contributed by atoms with E-state index in [-0.39, 0.29) is 15.7 Å². The predicted molar refractivity (Wildman–Crippen MR) is 92.5 cm³/mol. The molecular formula is C16H12ClN2O4S-. The van der Waals surface area contributed by atoms with Crippen LogP contribution in [0, 0.1) is 0 Å². The molecule has 2 aromatic rings. The number of benzene rings is 2. The Hall–Kier alpha value is -2.64. The lowest BCUT2D eigenvalue weighted by Gasteiger charge is -2.12. The van der Waals surface area contributed by atoms with Crippen molar-refractivity contribution in [1.29, 1.82) is 0 Å². The van der Waals surface area contributed by atoms with E-state index in [9.17, 15) is 14.7 Å². The maximum Gasteiger partial charge on any atom is 0.257 e. The van der Waals surface area contributed by atoms with Gasteiger partial charge in [0, 0.05) is 21.8 Å². The summed E-state index contributed by atoms with van der Waals surface area (Å²) in [4.78, 5) is 23.0. The van der Waals surface area contributed by atoms with E-state index in [1.807, 2.05) is 0 Å². The van der Waals surface area contributed by atoms with Crippen LogP contribution < -0.4 is 20.5 Å². The van der Waals surface area contributed by atoms with Gasteiger partial charge in [-0.3, -0.25) is 10.1 Å². The lowest BCUT2D eigenvalue weighted by Crippen LogP contribution is -2.34. The molecule has 0 heterocycles. The summed E-state index contributed by atoms with van der Waals surface area (Å²) in [5, 5.41) is 16.2. The monoisotopic (exact) mass is 363 g/mol. The summed E-state index contributed by atoms with van der Waals surface area (Å²) in [5.41, 5.74) is 0.580. The lowest BCUT2D eigenvalue weighted by molar-refractivity contribution is -0.255. The van der Waals surface area contributed by atoms with Gasteiger partial charge in [0.25, 0.3) is 5.91 Å². The van der Waals surface area contributed by atoms with Crippen molar-refractivity contribution in [3.8, 4) is 5.75 Å². The number of thiocarbonyl (C=S) groups is 1. The molecule has 2 rings (SSSR count). The van der Waals surface area contributed by atoms with Crippen LogP contribution in [0.1, 0.15) is 20.7 Å². The van der Waals surface area contributed by atoms with E-state index < -0.39 is 11.9 Å². The number of ether oxygens (including phenoxy) is 1. The topological polar surface area (TPSA) is 90.5 Å². The highest BCUT2D eigenvalue weighted by molar-refractivity contribution is 7.80. The number of nitrogens with one attached hydrogen (secondary N) is 2. The van der Waals surface area contributed by atoms with E-state index in [1.165, 1.54) is 25.3 Å². The van der Waals surface area contributed by atoms with Crippen LogP contribution in [-0.2, 0) is 0 Å². The van der Waals surface area contributed by atoms with Crippen LogP contribution in [0.5, 0.6) is 5.75 Å². The Kier molecular flexibility index (Phi) is 5.73. The van der Waals surface area contributed by atoms with Crippen LogP contribution in [0.2, 0.25) is 5.02 Å². The van der Waals surface area contributed by atoms with Gasteiger partial charge in [-0.2, -0.15) is 0 Å². The highest BCUT2D eigenvalue weighted by Crippen LogP contribution is 2.20. The number of methoxy groups -OCH3 is 1. The van der Waals surface area contributed by atoms with Crippen molar-refractivity contribution in [2.24, 2.45) is 0 Å². The number of aromatic carboxylic acids is 1. The third kappa shape index (κ3) is 4.43. The van der Waals surface area contributed by atoms with E-state index in [0.29, 0.717) is 17.0 Å². The van der Waals surface area contributed by atoms with Gasteiger partial charge in [0.05, 0.1) is 13.1 Å². The van der Waals surface area contributed by atoms with Crippen molar-refractivity contribution in [3.05, 3.63) is 58.6 Å². The summed E-state index contributed by atoms with van der Waals surface area (Å²) in [6.07, 6.45) is 0. The van der Waals surface area contributed by atoms with Crippen molar-refractivity contribution in [2.45, 2.75) is 0 Å². The minimum absolute atomic E-state index is 0.0161. The zero-order valence-electron chi connectivity index (χ0n) is 12.5. The first-order valence-electron chi connectivity index (χ1n) is 6.68. The molecule has 0 spiro atoms. The first-order chi connectivity index (χ1) is 11.4. The second-order valence-electron chi connectivity index (χ2n) is 4.62. The van der Waals surface area contributed by atoms with Gasteiger partial charge in [-0.25, -0.2) is 0 Å². The Morgan fingerprint density at radius 2 is 1.83 bits per heavy atom. The quantitative estimate of drug-likeness (QED) is 0.805. The van der Waals surface area contributed by atoms with E-state index >= 15 is 0 Å². The van der Waals surface area contributed by atoms with Gasteiger partial charge >= 0.3 is 0 Å². The van der Waals surface area contributed by atoms with Crippen molar-refractivity contribution >= 4 is 46.5 Å². The fourth-order valence-corrected chi connectivity index (χ4v) is 2.24. The molecule has 0 aliphatic carbocycles. The molecule has 0 unspecified atom stereocenters. The number of carboxylic acids is 1. The molecular weight excluding hydrogens is 352 g/mol. The third-order valence-corrected chi connectivity index (χ3v) is 3.56. The molecule has 0 bridgehead atoms. The summed E-state index contributed by atoms with van der Waals surface area (Å²) in [6.45, 7) is 0. The molecule has 0 aromatic heterocycles. The van der Waals surface area contributed by atoms with Gasteiger partial charge in [0.15, 0.2) is 5.11 Å². The first kappa shape index (κ1) is 17.7. The molecule has 24 heavy (non-hydrogen) atoms. The molecule has 0 aliphatic rings. The first-order valence-corrected chi connectivity index (χ1v) is 7.46. The van der Waals surface area contributed by atoms with Crippen LogP contribution in [0.4, 0.5) is 5.69 Å². The Morgan fingerprint density at radius 1 is 1.17 bits per heavy atom. The Morgan fingerprint density at radius 3 is 2.42 bits per heavy atom. The SMILES string of the molecule is COc1ccc(C(=O)NC(=S)Nc2ccc(Cl)c(C(=O)[O-])c2)cc1. The molecule has 124 valence electrons. The lowest BCUT2D eigenvalue weighted by atomic mass is 10.2. The molecule has 0 saturated carbocycles. The number of halogens is 1. The van der Waals surface area contributed by atoms with Crippen LogP contribution in [0.25, 0.3) is 0 Å². The van der Waals surface area contributed by atoms with Crippen molar-refractivity contribution in [1.82, 2.24) is 5.32 Å². The summed E-state index contributed by atoms with van der Waals surface area (Å²) in [5.74, 6) is -1.19. The Balaban J connectivity index is 2.03. The predicted octanol–water partition coefficient (Wildman–Crippen LogP) is 1.84. The van der Waals surface area contributed by atoms with E-state index in [0.717, 1.165) is 0 Å². The molecule has 2 aromatic carbocycles.